The number of amides is 1. The van der Waals surface area contributed by atoms with E-state index in [1.54, 1.807) is 52.6 Å². The number of hydrogen-bond acceptors (Lipinski definition) is 10. The average molecular weight is 670 g/mol. The number of nitrogens with one attached hydrogen (secondary N) is 1. The maximum atomic E-state index is 13.6. The molecular formula is C36H37N4O9+. The number of cyclic esters (lactones) is 1. The van der Waals surface area contributed by atoms with Gasteiger partial charge in [-0.25, -0.2) is 19.4 Å². The second-order valence-corrected chi connectivity index (χ2v) is 12.2. The van der Waals surface area contributed by atoms with E-state index in [0.717, 1.165) is 16.5 Å². The number of fused-ring (bicyclic) bond motifs is 5. The van der Waals surface area contributed by atoms with Gasteiger partial charge < -0.3 is 33.9 Å². The Bertz CT molecular complexity index is 2090. The van der Waals surface area contributed by atoms with Gasteiger partial charge in [0, 0.05) is 28.6 Å². The molecule has 0 radical (unpaired) electrons. The van der Waals surface area contributed by atoms with Crippen LogP contribution in [0.1, 0.15) is 66.7 Å². The van der Waals surface area contributed by atoms with Crippen LogP contribution >= 0.6 is 0 Å². The topological polar surface area (TPSA) is 159 Å². The minimum Gasteiger partial charge on any atom is -0.458 e. The van der Waals surface area contributed by atoms with Crippen LogP contribution in [0.25, 0.3) is 28.0 Å². The molecule has 6 rings (SSSR count). The van der Waals surface area contributed by atoms with Gasteiger partial charge in [-0.05, 0) is 69.2 Å². The summed E-state index contributed by atoms with van der Waals surface area (Å²) in [5.74, 6) is -0.933. The molecule has 13 nitrogen and oxygen atoms in total. The monoisotopic (exact) mass is 669 g/mol. The molecule has 2 aliphatic heterocycles. The van der Waals surface area contributed by atoms with Gasteiger partial charge in [-0.2, -0.15) is 4.57 Å². The smallest absolute Gasteiger partial charge is 0.407 e. The summed E-state index contributed by atoms with van der Waals surface area (Å²) in [5, 5.41) is 14.6. The average Bonchev–Trinajstić information content (AvgIpc) is 3.46. The first-order valence-corrected chi connectivity index (χ1v) is 16.0. The first-order valence-electron chi connectivity index (χ1n) is 16.0. The van der Waals surface area contributed by atoms with Crippen LogP contribution in [-0.2, 0) is 44.2 Å². The van der Waals surface area contributed by atoms with Crippen molar-refractivity contribution < 1.29 is 43.0 Å². The molecule has 2 aliphatic rings. The lowest BCUT2D eigenvalue weighted by Gasteiger charge is -2.31. The molecule has 4 aromatic rings. The van der Waals surface area contributed by atoms with Gasteiger partial charge in [0.2, 0.25) is 12.5 Å². The van der Waals surface area contributed by atoms with E-state index >= 15 is 0 Å². The Kier molecular flexibility index (Phi) is 8.95. The largest absolute Gasteiger partial charge is 0.458 e. The van der Waals surface area contributed by atoms with Crippen molar-refractivity contribution in [3.05, 3.63) is 93.5 Å². The molecule has 254 valence electrons. The molecule has 49 heavy (non-hydrogen) atoms. The second-order valence-electron chi connectivity index (χ2n) is 12.2. The van der Waals surface area contributed by atoms with Crippen LogP contribution in [0.3, 0.4) is 0 Å². The van der Waals surface area contributed by atoms with E-state index in [4.69, 9.17) is 23.9 Å². The molecule has 1 atom stereocenters. The number of benzene rings is 1. The van der Waals surface area contributed by atoms with Gasteiger partial charge in [-0.1, -0.05) is 13.8 Å². The number of rotatable bonds is 10. The standard InChI is InChI=1S/C36H36N4O9/c1-6-24-25-13-23(48-19-49-33(42)22-9-8-12-39(15-22)21(5)17-47-35(44)37-20(3)4)10-11-29(25)38-31-26(24)16-40-30(31)14-28-27(32(40)41)18-46-34(43)36(28,45)7-2/h8-15,20,45H,5-7,16-19H2,1-4H3/p+1/t36-/m0/s1. The molecule has 0 fully saturated rings. The molecule has 1 aromatic carbocycles. The SMILES string of the molecule is C=C(COC(=O)NC(C)C)[n+]1cccc(C(=O)OCOc2ccc3nc4c(c(CC)c3c2)Cn2c-4cc3c(c2=O)COC(=O)[C@]3(O)CC)c1. The number of carbonyl (C=O) groups is 3. The fourth-order valence-corrected chi connectivity index (χ4v) is 6.16. The summed E-state index contributed by atoms with van der Waals surface area (Å²) in [4.78, 5) is 55.6. The third-order valence-corrected chi connectivity index (χ3v) is 8.72. The number of aromatic nitrogens is 3. The lowest BCUT2D eigenvalue weighted by molar-refractivity contribution is -0.583. The van der Waals surface area contributed by atoms with E-state index in [1.165, 1.54) is 6.20 Å². The lowest BCUT2D eigenvalue weighted by Crippen LogP contribution is -2.44. The normalized spacial score (nSPS) is 16.0. The van der Waals surface area contributed by atoms with E-state index in [1.807, 2.05) is 26.8 Å². The first-order chi connectivity index (χ1) is 23.4. The summed E-state index contributed by atoms with van der Waals surface area (Å²) in [5.41, 5.74) is 2.67. The molecule has 3 aromatic heterocycles. The van der Waals surface area contributed by atoms with Crippen LogP contribution in [0.2, 0.25) is 0 Å². The van der Waals surface area contributed by atoms with Gasteiger partial charge in [-0.15, -0.1) is 0 Å². The van der Waals surface area contributed by atoms with Crippen LogP contribution in [-0.4, -0.2) is 52.1 Å². The Morgan fingerprint density at radius 1 is 1.16 bits per heavy atom. The maximum absolute atomic E-state index is 13.6. The van der Waals surface area contributed by atoms with Gasteiger partial charge in [0.05, 0.1) is 29.0 Å². The number of carbonyl (C=O) groups excluding carboxylic acids is 3. The number of aryl methyl sites for hydroxylation is 1. The van der Waals surface area contributed by atoms with Crippen LogP contribution in [0.5, 0.6) is 5.75 Å². The van der Waals surface area contributed by atoms with E-state index in [0.29, 0.717) is 34.8 Å². The number of hydrogen-bond donors (Lipinski definition) is 2. The van der Waals surface area contributed by atoms with Crippen molar-refractivity contribution in [3.63, 3.8) is 0 Å². The van der Waals surface area contributed by atoms with Crippen molar-refractivity contribution in [1.29, 1.82) is 0 Å². The van der Waals surface area contributed by atoms with Crippen LogP contribution in [0, 0.1) is 0 Å². The van der Waals surface area contributed by atoms with Crippen molar-refractivity contribution in [1.82, 2.24) is 14.9 Å². The van der Waals surface area contributed by atoms with Gasteiger partial charge in [0.1, 0.15) is 17.9 Å². The number of ether oxygens (including phenoxy) is 4. The Hall–Kier alpha value is -5.56. The number of alkyl carbamates (subject to hydrolysis) is 1. The van der Waals surface area contributed by atoms with Crippen molar-refractivity contribution in [2.75, 3.05) is 13.4 Å². The quantitative estimate of drug-likeness (QED) is 0.0971. The zero-order chi connectivity index (χ0) is 35.0. The predicted molar refractivity (Wildman–Crippen MR) is 176 cm³/mol. The molecule has 0 aliphatic carbocycles. The minimum atomic E-state index is -1.90. The molecule has 0 saturated heterocycles. The fourth-order valence-electron chi connectivity index (χ4n) is 6.16. The summed E-state index contributed by atoms with van der Waals surface area (Å²) in [6.45, 7) is 10.9. The third-order valence-electron chi connectivity index (χ3n) is 8.72. The maximum Gasteiger partial charge on any atom is 0.407 e. The van der Waals surface area contributed by atoms with Crippen molar-refractivity contribution in [2.24, 2.45) is 0 Å². The molecule has 5 heterocycles. The van der Waals surface area contributed by atoms with Crippen LogP contribution < -0.4 is 20.2 Å². The van der Waals surface area contributed by atoms with Gasteiger partial charge in [0.15, 0.2) is 24.6 Å². The number of esters is 2. The van der Waals surface area contributed by atoms with Gasteiger partial charge in [-0.3, -0.25) is 4.79 Å². The number of pyridine rings is 3. The summed E-state index contributed by atoms with van der Waals surface area (Å²) >= 11 is 0. The predicted octanol–water partition coefficient (Wildman–Crippen LogP) is 3.73. The molecule has 0 unspecified atom stereocenters. The fraction of sp³-hybridized carbons (Fsp3) is 0.333. The third kappa shape index (κ3) is 6.13. The van der Waals surface area contributed by atoms with Crippen LogP contribution in [0.4, 0.5) is 4.79 Å². The molecule has 2 N–H and O–H groups in total. The summed E-state index contributed by atoms with van der Waals surface area (Å²) in [6, 6.07) is 10.2. The van der Waals surface area contributed by atoms with E-state index in [2.05, 4.69) is 11.9 Å². The lowest BCUT2D eigenvalue weighted by atomic mass is 9.86. The van der Waals surface area contributed by atoms with Gasteiger partial charge >= 0.3 is 18.0 Å². The van der Waals surface area contributed by atoms with Crippen LogP contribution in [0.15, 0.2) is 60.2 Å². The Morgan fingerprint density at radius 3 is 2.69 bits per heavy atom. The highest BCUT2D eigenvalue weighted by molar-refractivity contribution is 5.90. The van der Waals surface area contributed by atoms with Crippen molar-refractivity contribution in [2.45, 2.75) is 65.3 Å². The summed E-state index contributed by atoms with van der Waals surface area (Å²) in [6.07, 6.45) is 3.33. The summed E-state index contributed by atoms with van der Waals surface area (Å²) < 4.78 is 24.7. The second kappa shape index (κ2) is 13.2. The minimum absolute atomic E-state index is 0.0640. The summed E-state index contributed by atoms with van der Waals surface area (Å²) in [7, 11) is 0. The number of nitrogens with zero attached hydrogens (tertiary/aromatic N) is 3. The Labute approximate surface area is 281 Å². The van der Waals surface area contributed by atoms with E-state index < -0.39 is 23.6 Å². The van der Waals surface area contributed by atoms with Crippen molar-refractivity contribution in [3.8, 4) is 17.1 Å². The molecular weight excluding hydrogens is 632 g/mol. The van der Waals surface area contributed by atoms with E-state index in [9.17, 15) is 24.3 Å². The molecule has 0 bridgehead atoms. The van der Waals surface area contributed by atoms with E-state index in [-0.39, 0.29) is 61.3 Å². The Balaban J connectivity index is 1.18. The first kappa shape index (κ1) is 33.3. The molecule has 0 saturated carbocycles. The molecule has 1 amide bonds. The highest BCUT2D eigenvalue weighted by Crippen LogP contribution is 2.40. The molecule has 13 heteroatoms. The highest BCUT2D eigenvalue weighted by Gasteiger charge is 2.45. The van der Waals surface area contributed by atoms with Gasteiger partial charge in [0.25, 0.3) is 5.56 Å². The highest BCUT2D eigenvalue weighted by atomic mass is 16.7. The van der Waals surface area contributed by atoms with Crippen molar-refractivity contribution >= 4 is 34.6 Å². The Morgan fingerprint density at radius 2 is 1.96 bits per heavy atom. The zero-order valence-electron chi connectivity index (χ0n) is 27.7. The zero-order valence-corrected chi connectivity index (χ0v) is 27.7. The molecule has 0 spiro atoms. The number of aliphatic hydroxyl groups is 1.